The van der Waals surface area contributed by atoms with E-state index in [-0.39, 0.29) is 12.5 Å². The highest BCUT2D eigenvalue weighted by atomic mass is 79.9. The fourth-order valence-corrected chi connectivity index (χ4v) is 4.79. The van der Waals surface area contributed by atoms with Gasteiger partial charge in [-0.2, -0.15) is 9.41 Å². The van der Waals surface area contributed by atoms with Gasteiger partial charge in [-0.05, 0) is 25.1 Å². The van der Waals surface area contributed by atoms with Gasteiger partial charge in [0, 0.05) is 36.2 Å². The van der Waals surface area contributed by atoms with Gasteiger partial charge in [0.1, 0.15) is 0 Å². The molecule has 2 aromatic carbocycles. The third-order valence-electron chi connectivity index (χ3n) is 4.66. The van der Waals surface area contributed by atoms with Gasteiger partial charge in [0.15, 0.2) is 0 Å². The molecule has 0 saturated carbocycles. The molecule has 1 aliphatic heterocycles. The van der Waals surface area contributed by atoms with Gasteiger partial charge in [0.2, 0.25) is 10.0 Å². The number of hydrogen-bond acceptors (Lipinski definition) is 5. The van der Waals surface area contributed by atoms with Crippen LogP contribution in [0.5, 0.6) is 0 Å². The Balaban J connectivity index is 1.48. The molecule has 2 aromatic rings. The minimum atomic E-state index is -3.50. The van der Waals surface area contributed by atoms with Crippen LogP contribution in [-0.4, -0.2) is 62.5 Å². The second-order valence-electron chi connectivity index (χ2n) is 6.81. The molecule has 1 fully saturated rings. The molecule has 0 aromatic heterocycles. The van der Waals surface area contributed by atoms with Gasteiger partial charge < -0.3 is 0 Å². The van der Waals surface area contributed by atoms with Crippen molar-refractivity contribution in [1.29, 1.82) is 0 Å². The summed E-state index contributed by atoms with van der Waals surface area (Å²) in [6, 6.07) is 14.4. The zero-order valence-corrected chi connectivity index (χ0v) is 18.5. The third kappa shape index (κ3) is 5.72. The summed E-state index contributed by atoms with van der Waals surface area (Å²) in [7, 11) is -3.50. The molecule has 0 atom stereocenters. The lowest BCUT2D eigenvalue weighted by molar-refractivity contribution is -0.122. The molecular formula is C20H23BrN4O3S. The van der Waals surface area contributed by atoms with Gasteiger partial charge >= 0.3 is 0 Å². The van der Waals surface area contributed by atoms with Gasteiger partial charge in [-0.1, -0.05) is 51.8 Å². The Morgan fingerprint density at radius 1 is 1.10 bits per heavy atom. The van der Waals surface area contributed by atoms with Gasteiger partial charge in [-0.15, -0.1) is 0 Å². The van der Waals surface area contributed by atoms with Crippen molar-refractivity contribution in [3.63, 3.8) is 0 Å². The predicted molar refractivity (Wildman–Crippen MR) is 116 cm³/mol. The van der Waals surface area contributed by atoms with Crippen LogP contribution in [0.3, 0.4) is 0 Å². The van der Waals surface area contributed by atoms with E-state index in [0.717, 1.165) is 15.6 Å². The molecule has 1 N–H and O–H groups in total. The minimum Gasteiger partial charge on any atom is -0.292 e. The first-order valence-corrected chi connectivity index (χ1v) is 11.5. The van der Waals surface area contributed by atoms with E-state index in [1.165, 1.54) is 4.31 Å². The number of sulfonamides is 1. The number of hydrazone groups is 1. The van der Waals surface area contributed by atoms with E-state index in [1.54, 1.807) is 30.5 Å². The van der Waals surface area contributed by atoms with Crippen LogP contribution in [0.15, 0.2) is 63.0 Å². The predicted octanol–water partition coefficient (Wildman–Crippen LogP) is 2.21. The van der Waals surface area contributed by atoms with E-state index in [0.29, 0.717) is 31.1 Å². The first-order valence-electron chi connectivity index (χ1n) is 9.22. The smallest absolute Gasteiger partial charge is 0.254 e. The number of halogens is 1. The van der Waals surface area contributed by atoms with Crippen LogP contribution < -0.4 is 5.43 Å². The second-order valence-corrected chi connectivity index (χ2v) is 9.60. The standard InChI is InChI=1S/C20H23BrN4O3S/c1-16-6-8-18(9-7-16)29(27,28)25-12-10-24(11-13-25)15-20(26)23-22-14-17-4-2-3-5-19(17)21/h2-9,14H,10-13,15H2,1H3,(H,23,26). The molecule has 154 valence electrons. The summed E-state index contributed by atoms with van der Waals surface area (Å²) in [5, 5.41) is 3.98. The highest BCUT2D eigenvalue weighted by Gasteiger charge is 2.28. The Morgan fingerprint density at radius 3 is 2.41 bits per heavy atom. The van der Waals surface area contributed by atoms with Gasteiger partial charge in [-0.3, -0.25) is 9.69 Å². The van der Waals surface area contributed by atoms with Crippen LogP contribution in [0.25, 0.3) is 0 Å². The fourth-order valence-electron chi connectivity index (χ4n) is 2.98. The van der Waals surface area contributed by atoms with Crippen LogP contribution in [0.4, 0.5) is 0 Å². The maximum Gasteiger partial charge on any atom is 0.254 e. The Labute approximate surface area is 179 Å². The number of piperazine rings is 1. The monoisotopic (exact) mass is 478 g/mol. The molecule has 1 saturated heterocycles. The van der Waals surface area contributed by atoms with Crippen molar-refractivity contribution in [3.05, 3.63) is 64.1 Å². The SMILES string of the molecule is Cc1ccc(S(=O)(=O)N2CCN(CC(=O)NN=Cc3ccccc3Br)CC2)cc1. The van der Waals surface area contributed by atoms with Crippen LogP contribution in [0.1, 0.15) is 11.1 Å². The lowest BCUT2D eigenvalue weighted by Crippen LogP contribution is -2.50. The summed E-state index contributed by atoms with van der Waals surface area (Å²) in [6.07, 6.45) is 1.58. The van der Waals surface area contributed by atoms with Crippen molar-refractivity contribution < 1.29 is 13.2 Å². The number of nitrogens with zero attached hydrogens (tertiary/aromatic N) is 3. The molecule has 0 unspecified atom stereocenters. The molecule has 0 radical (unpaired) electrons. The van der Waals surface area contributed by atoms with Gasteiger partial charge in [0.05, 0.1) is 17.7 Å². The summed E-state index contributed by atoms with van der Waals surface area (Å²) in [5.74, 6) is -0.233. The van der Waals surface area contributed by atoms with Crippen molar-refractivity contribution in [1.82, 2.24) is 14.6 Å². The molecular weight excluding hydrogens is 456 g/mol. The highest BCUT2D eigenvalue weighted by molar-refractivity contribution is 9.10. The average Bonchev–Trinajstić information content (AvgIpc) is 2.70. The largest absolute Gasteiger partial charge is 0.292 e. The Hall–Kier alpha value is -2.07. The molecule has 7 nitrogen and oxygen atoms in total. The number of nitrogens with one attached hydrogen (secondary N) is 1. The first-order chi connectivity index (χ1) is 13.9. The Morgan fingerprint density at radius 2 is 1.76 bits per heavy atom. The van der Waals surface area contributed by atoms with E-state index >= 15 is 0 Å². The number of carbonyl (C=O) groups is 1. The summed E-state index contributed by atoms with van der Waals surface area (Å²) in [4.78, 5) is 14.3. The summed E-state index contributed by atoms with van der Waals surface area (Å²) >= 11 is 3.42. The molecule has 0 aliphatic carbocycles. The van der Waals surface area contributed by atoms with Crippen molar-refractivity contribution in [2.45, 2.75) is 11.8 Å². The summed E-state index contributed by atoms with van der Waals surface area (Å²) in [6.45, 7) is 3.78. The number of hydrogen-bond donors (Lipinski definition) is 1. The number of amides is 1. The molecule has 0 spiro atoms. The quantitative estimate of drug-likeness (QED) is 0.509. The third-order valence-corrected chi connectivity index (χ3v) is 7.29. The van der Waals surface area contributed by atoms with E-state index < -0.39 is 10.0 Å². The fraction of sp³-hybridized carbons (Fsp3) is 0.300. The zero-order chi connectivity index (χ0) is 20.9. The molecule has 1 heterocycles. The summed E-state index contributed by atoms with van der Waals surface area (Å²) < 4.78 is 27.8. The number of aryl methyl sites for hydroxylation is 1. The van der Waals surface area contributed by atoms with Crippen molar-refractivity contribution in [3.8, 4) is 0 Å². The van der Waals surface area contributed by atoms with Crippen LogP contribution in [-0.2, 0) is 14.8 Å². The van der Waals surface area contributed by atoms with E-state index in [2.05, 4.69) is 26.5 Å². The van der Waals surface area contributed by atoms with E-state index in [4.69, 9.17) is 0 Å². The average molecular weight is 479 g/mol. The molecule has 29 heavy (non-hydrogen) atoms. The van der Waals surface area contributed by atoms with E-state index in [1.807, 2.05) is 36.1 Å². The van der Waals surface area contributed by atoms with Crippen molar-refractivity contribution in [2.75, 3.05) is 32.7 Å². The van der Waals surface area contributed by atoms with Crippen LogP contribution >= 0.6 is 15.9 Å². The molecule has 1 amide bonds. The first kappa shape index (κ1) is 21.6. The second kappa shape index (κ2) is 9.62. The lowest BCUT2D eigenvalue weighted by atomic mass is 10.2. The summed E-state index contributed by atoms with van der Waals surface area (Å²) in [5.41, 5.74) is 4.39. The number of rotatable bonds is 6. The normalized spacial score (nSPS) is 16.2. The van der Waals surface area contributed by atoms with E-state index in [9.17, 15) is 13.2 Å². The maximum absolute atomic E-state index is 12.7. The van der Waals surface area contributed by atoms with Crippen LogP contribution in [0.2, 0.25) is 0 Å². The van der Waals surface area contributed by atoms with Gasteiger partial charge in [0.25, 0.3) is 5.91 Å². The zero-order valence-electron chi connectivity index (χ0n) is 16.1. The molecule has 1 aliphatic rings. The van der Waals surface area contributed by atoms with Crippen molar-refractivity contribution in [2.24, 2.45) is 5.10 Å². The Kier molecular flexibility index (Phi) is 7.18. The lowest BCUT2D eigenvalue weighted by Gasteiger charge is -2.33. The number of benzene rings is 2. The van der Waals surface area contributed by atoms with Crippen molar-refractivity contribution >= 4 is 38.1 Å². The minimum absolute atomic E-state index is 0.172. The van der Waals surface area contributed by atoms with Gasteiger partial charge in [-0.25, -0.2) is 13.8 Å². The van der Waals surface area contributed by atoms with Crippen LogP contribution in [0, 0.1) is 6.92 Å². The number of carbonyl (C=O) groups excluding carboxylic acids is 1. The molecule has 9 heteroatoms. The molecule has 0 bridgehead atoms. The highest BCUT2D eigenvalue weighted by Crippen LogP contribution is 2.18. The maximum atomic E-state index is 12.7. The molecule has 3 rings (SSSR count). The Bertz CT molecular complexity index is 985. The topological polar surface area (TPSA) is 82.1 Å².